The Hall–Kier alpha value is -1.74. The summed E-state index contributed by atoms with van der Waals surface area (Å²) in [5.41, 5.74) is 0.370. The lowest BCUT2D eigenvalue weighted by Crippen LogP contribution is -2.36. The Morgan fingerprint density at radius 3 is 2.74 bits per heavy atom. The van der Waals surface area contributed by atoms with Crippen LogP contribution < -0.4 is 4.74 Å². The summed E-state index contributed by atoms with van der Waals surface area (Å²) in [7, 11) is 0. The highest BCUT2D eigenvalue weighted by Crippen LogP contribution is 2.31. The molecular weight excluding hydrogens is 252 g/mol. The molecule has 2 rings (SSSR count). The van der Waals surface area contributed by atoms with E-state index in [0.29, 0.717) is 5.56 Å². The Kier molecular flexibility index (Phi) is 3.67. The van der Waals surface area contributed by atoms with Gasteiger partial charge in [0.1, 0.15) is 6.07 Å². The average molecular weight is 267 g/mol. The van der Waals surface area contributed by atoms with E-state index in [2.05, 4.69) is 4.98 Å². The molecule has 0 saturated carbocycles. The summed E-state index contributed by atoms with van der Waals surface area (Å²) < 4.78 is 32.9. The minimum atomic E-state index is -2.89. The van der Waals surface area contributed by atoms with Gasteiger partial charge in [-0.05, 0) is 19.9 Å². The van der Waals surface area contributed by atoms with Crippen LogP contribution in [0.1, 0.15) is 19.4 Å². The SMILES string of the molecule is CC(C)N1CC(Oc2ccc(C#N)cn2)C(F)(F)C1. The van der Waals surface area contributed by atoms with Gasteiger partial charge in [0.2, 0.25) is 5.88 Å². The smallest absolute Gasteiger partial charge is 0.297 e. The Balaban J connectivity index is 2.07. The summed E-state index contributed by atoms with van der Waals surface area (Å²) in [6.07, 6.45) is 0.109. The summed E-state index contributed by atoms with van der Waals surface area (Å²) in [5, 5.41) is 8.63. The number of rotatable bonds is 3. The maximum atomic E-state index is 13.8. The fourth-order valence-corrected chi connectivity index (χ4v) is 1.96. The van der Waals surface area contributed by atoms with Crippen LogP contribution in [0.25, 0.3) is 0 Å². The van der Waals surface area contributed by atoms with Crippen molar-refractivity contribution in [3.05, 3.63) is 23.9 Å². The summed E-state index contributed by atoms with van der Waals surface area (Å²) in [6, 6.07) is 4.89. The van der Waals surface area contributed by atoms with Crippen molar-refractivity contribution in [1.29, 1.82) is 5.26 Å². The maximum absolute atomic E-state index is 13.8. The van der Waals surface area contributed by atoms with Crippen molar-refractivity contribution in [2.75, 3.05) is 13.1 Å². The fraction of sp³-hybridized carbons (Fsp3) is 0.538. The second-order valence-corrected chi connectivity index (χ2v) is 4.89. The molecule has 0 aliphatic carbocycles. The second kappa shape index (κ2) is 5.10. The van der Waals surface area contributed by atoms with Gasteiger partial charge >= 0.3 is 0 Å². The van der Waals surface area contributed by atoms with Crippen molar-refractivity contribution in [2.24, 2.45) is 0 Å². The molecular formula is C13H15F2N3O. The van der Waals surface area contributed by atoms with Gasteiger partial charge in [0, 0.05) is 24.8 Å². The topological polar surface area (TPSA) is 49.1 Å². The highest BCUT2D eigenvalue weighted by molar-refractivity contribution is 5.28. The van der Waals surface area contributed by atoms with Crippen molar-refractivity contribution in [1.82, 2.24) is 9.88 Å². The quantitative estimate of drug-likeness (QED) is 0.841. The molecule has 1 aromatic heterocycles. The van der Waals surface area contributed by atoms with Crippen LogP contribution >= 0.6 is 0 Å². The number of hydrogen-bond donors (Lipinski definition) is 0. The Bertz CT molecular complexity index is 482. The fourth-order valence-electron chi connectivity index (χ4n) is 1.96. The third-order valence-electron chi connectivity index (χ3n) is 3.14. The molecule has 1 atom stereocenters. The molecule has 1 aliphatic rings. The van der Waals surface area contributed by atoms with Crippen LogP contribution in [0.2, 0.25) is 0 Å². The average Bonchev–Trinajstić information content (AvgIpc) is 2.66. The van der Waals surface area contributed by atoms with E-state index in [4.69, 9.17) is 10.00 Å². The van der Waals surface area contributed by atoms with E-state index < -0.39 is 12.0 Å². The van der Waals surface area contributed by atoms with Crippen LogP contribution in [0.15, 0.2) is 18.3 Å². The first-order valence-corrected chi connectivity index (χ1v) is 6.07. The number of likely N-dealkylation sites (tertiary alicyclic amines) is 1. The van der Waals surface area contributed by atoms with Crippen molar-refractivity contribution < 1.29 is 13.5 Å². The molecule has 1 saturated heterocycles. The number of halogens is 2. The van der Waals surface area contributed by atoms with Gasteiger partial charge in [0.15, 0.2) is 6.10 Å². The molecule has 2 heterocycles. The minimum Gasteiger partial charge on any atom is -0.466 e. The zero-order chi connectivity index (χ0) is 14.0. The molecule has 6 heteroatoms. The number of alkyl halides is 2. The molecule has 1 fully saturated rings. The third kappa shape index (κ3) is 2.99. The van der Waals surface area contributed by atoms with Crippen molar-refractivity contribution >= 4 is 0 Å². The van der Waals surface area contributed by atoms with Gasteiger partial charge in [0.05, 0.1) is 12.1 Å². The lowest BCUT2D eigenvalue weighted by molar-refractivity contribution is -0.0637. The van der Waals surface area contributed by atoms with E-state index >= 15 is 0 Å². The van der Waals surface area contributed by atoms with E-state index in [-0.39, 0.29) is 25.0 Å². The van der Waals surface area contributed by atoms with Gasteiger partial charge in [-0.15, -0.1) is 0 Å². The molecule has 0 N–H and O–H groups in total. The molecule has 0 amide bonds. The normalized spacial score (nSPS) is 22.4. The van der Waals surface area contributed by atoms with E-state index in [1.54, 1.807) is 4.90 Å². The van der Waals surface area contributed by atoms with Crippen molar-refractivity contribution in [3.63, 3.8) is 0 Å². The third-order valence-corrected chi connectivity index (χ3v) is 3.14. The molecule has 0 spiro atoms. The maximum Gasteiger partial charge on any atom is 0.297 e. The van der Waals surface area contributed by atoms with Gasteiger partial charge in [-0.3, -0.25) is 4.90 Å². The highest BCUT2D eigenvalue weighted by atomic mass is 19.3. The molecule has 4 nitrogen and oxygen atoms in total. The summed E-state index contributed by atoms with van der Waals surface area (Å²) >= 11 is 0. The predicted octanol–water partition coefficient (Wildman–Crippen LogP) is 2.06. The van der Waals surface area contributed by atoms with Crippen LogP contribution in [0.4, 0.5) is 8.78 Å². The number of nitrogens with zero attached hydrogens (tertiary/aromatic N) is 3. The van der Waals surface area contributed by atoms with Gasteiger partial charge in [-0.1, -0.05) is 0 Å². The van der Waals surface area contributed by atoms with Gasteiger partial charge in [0.25, 0.3) is 5.92 Å². The van der Waals surface area contributed by atoms with Gasteiger partial charge < -0.3 is 4.74 Å². The van der Waals surface area contributed by atoms with Crippen LogP contribution in [-0.4, -0.2) is 41.0 Å². The standard InChI is InChI=1S/C13H15F2N3O/c1-9(2)18-7-11(13(14,15)8-18)19-12-4-3-10(5-16)6-17-12/h3-4,6,9,11H,7-8H2,1-2H3. The number of hydrogen-bond acceptors (Lipinski definition) is 4. The van der Waals surface area contributed by atoms with Crippen molar-refractivity contribution in [3.8, 4) is 11.9 Å². The first-order valence-electron chi connectivity index (χ1n) is 6.07. The minimum absolute atomic E-state index is 0.0494. The van der Waals surface area contributed by atoms with E-state index in [0.717, 1.165) is 0 Å². The van der Waals surface area contributed by atoms with Crippen molar-refractivity contribution in [2.45, 2.75) is 31.9 Å². The van der Waals surface area contributed by atoms with Crippen LogP contribution in [0.3, 0.4) is 0 Å². The van der Waals surface area contributed by atoms with E-state index in [1.165, 1.54) is 18.3 Å². The van der Waals surface area contributed by atoms with Gasteiger partial charge in [-0.25, -0.2) is 13.8 Å². The molecule has 1 aromatic rings. The largest absolute Gasteiger partial charge is 0.466 e. The predicted molar refractivity (Wildman–Crippen MR) is 65.0 cm³/mol. The van der Waals surface area contributed by atoms with Crippen LogP contribution in [0, 0.1) is 11.3 Å². The summed E-state index contributed by atoms with van der Waals surface area (Å²) in [5.74, 6) is -2.77. The first kappa shape index (κ1) is 13.7. The number of nitriles is 1. The first-order chi connectivity index (χ1) is 8.92. The molecule has 1 aliphatic heterocycles. The number of ether oxygens (including phenoxy) is 1. The van der Waals surface area contributed by atoms with Crippen LogP contribution in [0.5, 0.6) is 5.88 Å². The molecule has 102 valence electrons. The molecule has 0 bridgehead atoms. The Morgan fingerprint density at radius 2 is 2.26 bits per heavy atom. The zero-order valence-electron chi connectivity index (χ0n) is 10.8. The Morgan fingerprint density at radius 1 is 1.53 bits per heavy atom. The molecule has 19 heavy (non-hydrogen) atoms. The molecule has 1 unspecified atom stereocenters. The number of pyridine rings is 1. The highest BCUT2D eigenvalue weighted by Gasteiger charge is 2.50. The Labute approximate surface area is 110 Å². The summed E-state index contributed by atoms with van der Waals surface area (Å²) in [4.78, 5) is 5.53. The monoisotopic (exact) mass is 267 g/mol. The zero-order valence-corrected chi connectivity index (χ0v) is 10.8. The lowest BCUT2D eigenvalue weighted by Gasteiger charge is -2.19. The van der Waals surface area contributed by atoms with E-state index in [1.807, 2.05) is 19.9 Å². The number of aromatic nitrogens is 1. The van der Waals surface area contributed by atoms with E-state index in [9.17, 15) is 8.78 Å². The molecule has 0 radical (unpaired) electrons. The summed E-state index contributed by atoms with van der Waals surface area (Å²) in [6.45, 7) is 3.62. The molecule has 0 aromatic carbocycles. The lowest BCUT2D eigenvalue weighted by atomic mass is 10.2. The van der Waals surface area contributed by atoms with Gasteiger partial charge in [-0.2, -0.15) is 5.26 Å². The second-order valence-electron chi connectivity index (χ2n) is 4.89. The van der Waals surface area contributed by atoms with Crippen LogP contribution in [-0.2, 0) is 0 Å².